The van der Waals surface area contributed by atoms with Crippen LogP contribution in [0.15, 0.2) is 0 Å². The Balaban J connectivity index is 3.20. The van der Waals surface area contributed by atoms with Gasteiger partial charge in [0.15, 0.2) is 6.79 Å². The van der Waals surface area contributed by atoms with Gasteiger partial charge in [0.2, 0.25) is 0 Å². The van der Waals surface area contributed by atoms with Gasteiger partial charge in [-0.25, -0.2) is 4.79 Å². The van der Waals surface area contributed by atoms with Gasteiger partial charge in [0.1, 0.15) is 0 Å². The maximum absolute atomic E-state index is 10.8. The van der Waals surface area contributed by atoms with Crippen LogP contribution in [-0.2, 0) is 14.2 Å². The van der Waals surface area contributed by atoms with Gasteiger partial charge in [0.25, 0.3) is 0 Å². The molecule has 0 atom stereocenters. The molecule has 0 saturated heterocycles. The zero-order valence-corrected chi connectivity index (χ0v) is 9.04. The molecule has 84 valence electrons. The topological polar surface area (TPSA) is 56.8 Å². The minimum atomic E-state index is -0.679. The zero-order chi connectivity index (χ0) is 10.8. The Kier molecular flexibility index (Phi) is 8.27. The summed E-state index contributed by atoms with van der Waals surface area (Å²) in [5, 5.41) is 2.94. The molecule has 0 aliphatic carbocycles. The number of ether oxygens (including phenoxy) is 3. The maximum atomic E-state index is 10.8. The number of carbonyl (C=O) groups is 1. The summed E-state index contributed by atoms with van der Waals surface area (Å²) in [6, 6.07) is 0. The summed E-state index contributed by atoms with van der Waals surface area (Å²) >= 11 is 0. The number of nitrogens with one attached hydrogen (secondary N) is 1. The van der Waals surface area contributed by atoms with Crippen LogP contribution in [0.25, 0.3) is 0 Å². The SMILES string of the molecule is CNCCCOC(=O)OCOC(C)C. The first-order valence-electron chi connectivity index (χ1n) is 4.72. The number of hydrogen-bond donors (Lipinski definition) is 1. The Morgan fingerprint density at radius 1 is 1.36 bits per heavy atom. The van der Waals surface area contributed by atoms with E-state index in [0.29, 0.717) is 6.61 Å². The molecule has 0 aromatic carbocycles. The standard InChI is InChI=1S/C9H19NO4/c1-8(2)13-7-14-9(11)12-6-4-5-10-3/h8,10H,4-7H2,1-3H3. The Morgan fingerprint density at radius 2 is 2.07 bits per heavy atom. The fraction of sp³-hybridized carbons (Fsp3) is 0.889. The fourth-order valence-electron chi connectivity index (χ4n) is 0.664. The smallest absolute Gasteiger partial charge is 0.434 e. The van der Waals surface area contributed by atoms with Crippen LogP contribution in [0, 0.1) is 0 Å². The van der Waals surface area contributed by atoms with Crippen molar-refractivity contribution in [2.45, 2.75) is 26.4 Å². The lowest BCUT2D eigenvalue weighted by atomic mass is 10.5. The highest BCUT2D eigenvalue weighted by atomic mass is 16.8. The molecule has 0 amide bonds. The largest absolute Gasteiger partial charge is 0.510 e. The Bertz CT molecular complexity index is 150. The molecule has 0 saturated carbocycles. The second-order valence-corrected chi connectivity index (χ2v) is 3.03. The first-order valence-corrected chi connectivity index (χ1v) is 4.72. The van der Waals surface area contributed by atoms with Gasteiger partial charge < -0.3 is 19.5 Å². The van der Waals surface area contributed by atoms with Crippen LogP contribution in [0.3, 0.4) is 0 Å². The molecule has 5 heteroatoms. The molecule has 14 heavy (non-hydrogen) atoms. The highest BCUT2D eigenvalue weighted by Crippen LogP contribution is 1.91. The van der Waals surface area contributed by atoms with E-state index >= 15 is 0 Å². The van der Waals surface area contributed by atoms with E-state index in [0.717, 1.165) is 13.0 Å². The summed E-state index contributed by atoms with van der Waals surface area (Å²) in [5.74, 6) is 0. The van der Waals surface area contributed by atoms with Gasteiger partial charge in [-0.15, -0.1) is 0 Å². The third-order valence-electron chi connectivity index (χ3n) is 1.37. The van der Waals surface area contributed by atoms with E-state index in [2.05, 4.69) is 10.1 Å². The molecule has 0 aromatic rings. The molecule has 0 aliphatic heterocycles. The van der Waals surface area contributed by atoms with Crippen molar-refractivity contribution in [1.29, 1.82) is 0 Å². The highest BCUT2D eigenvalue weighted by Gasteiger charge is 2.03. The number of rotatable bonds is 7. The minimum Gasteiger partial charge on any atom is -0.434 e. The van der Waals surface area contributed by atoms with E-state index in [1.807, 2.05) is 20.9 Å². The van der Waals surface area contributed by atoms with Crippen molar-refractivity contribution in [3.63, 3.8) is 0 Å². The van der Waals surface area contributed by atoms with Crippen LogP contribution in [0.5, 0.6) is 0 Å². The van der Waals surface area contributed by atoms with Crippen molar-refractivity contribution in [2.75, 3.05) is 27.0 Å². The van der Waals surface area contributed by atoms with Crippen molar-refractivity contribution < 1.29 is 19.0 Å². The Hall–Kier alpha value is -0.810. The first-order chi connectivity index (χ1) is 6.66. The van der Waals surface area contributed by atoms with Crippen molar-refractivity contribution in [3.05, 3.63) is 0 Å². The molecule has 0 bridgehead atoms. The van der Waals surface area contributed by atoms with Crippen LogP contribution < -0.4 is 5.32 Å². The van der Waals surface area contributed by atoms with Gasteiger partial charge in [-0.2, -0.15) is 0 Å². The van der Waals surface area contributed by atoms with Crippen molar-refractivity contribution >= 4 is 6.16 Å². The van der Waals surface area contributed by atoms with Crippen LogP contribution >= 0.6 is 0 Å². The van der Waals surface area contributed by atoms with Gasteiger partial charge in [0.05, 0.1) is 12.7 Å². The van der Waals surface area contributed by atoms with E-state index in [1.165, 1.54) is 0 Å². The zero-order valence-electron chi connectivity index (χ0n) is 9.04. The number of hydrogen-bond acceptors (Lipinski definition) is 5. The van der Waals surface area contributed by atoms with Gasteiger partial charge in [0, 0.05) is 0 Å². The van der Waals surface area contributed by atoms with E-state index in [1.54, 1.807) is 0 Å². The normalized spacial score (nSPS) is 10.3. The van der Waals surface area contributed by atoms with Crippen LogP contribution in [0.1, 0.15) is 20.3 Å². The predicted molar refractivity (Wildman–Crippen MR) is 52.1 cm³/mol. The van der Waals surface area contributed by atoms with Gasteiger partial charge in [-0.3, -0.25) is 0 Å². The monoisotopic (exact) mass is 205 g/mol. The van der Waals surface area contributed by atoms with E-state index < -0.39 is 6.16 Å². The van der Waals surface area contributed by atoms with Crippen molar-refractivity contribution in [2.24, 2.45) is 0 Å². The van der Waals surface area contributed by atoms with Gasteiger partial charge in [-0.05, 0) is 33.9 Å². The molecule has 1 N–H and O–H groups in total. The fourth-order valence-corrected chi connectivity index (χ4v) is 0.664. The molecular weight excluding hydrogens is 186 g/mol. The molecule has 0 heterocycles. The number of carbonyl (C=O) groups excluding carboxylic acids is 1. The molecule has 0 radical (unpaired) electrons. The Morgan fingerprint density at radius 3 is 2.64 bits per heavy atom. The quantitative estimate of drug-likeness (QED) is 0.383. The van der Waals surface area contributed by atoms with Crippen molar-refractivity contribution in [3.8, 4) is 0 Å². The summed E-state index contributed by atoms with van der Waals surface area (Å²) in [5.41, 5.74) is 0. The average molecular weight is 205 g/mol. The lowest BCUT2D eigenvalue weighted by Crippen LogP contribution is -2.16. The van der Waals surface area contributed by atoms with Crippen LogP contribution in [-0.4, -0.2) is 39.3 Å². The minimum absolute atomic E-state index is 0.0482. The second kappa shape index (κ2) is 8.77. The maximum Gasteiger partial charge on any atom is 0.510 e. The molecule has 0 rings (SSSR count). The lowest BCUT2D eigenvalue weighted by molar-refractivity contribution is -0.0662. The van der Waals surface area contributed by atoms with Gasteiger partial charge >= 0.3 is 6.16 Å². The molecule has 0 fully saturated rings. The third-order valence-corrected chi connectivity index (χ3v) is 1.37. The van der Waals surface area contributed by atoms with Crippen LogP contribution in [0.2, 0.25) is 0 Å². The summed E-state index contributed by atoms with van der Waals surface area (Å²) in [7, 11) is 1.84. The predicted octanol–water partition coefficient (Wildman–Crippen LogP) is 1.13. The van der Waals surface area contributed by atoms with Crippen molar-refractivity contribution in [1.82, 2.24) is 5.32 Å². The molecular formula is C9H19NO4. The molecule has 0 spiro atoms. The molecule has 0 aliphatic rings. The van der Waals surface area contributed by atoms with Gasteiger partial charge in [-0.1, -0.05) is 0 Å². The highest BCUT2D eigenvalue weighted by molar-refractivity contribution is 5.59. The lowest BCUT2D eigenvalue weighted by Gasteiger charge is -2.08. The Labute approximate surface area is 84.7 Å². The van der Waals surface area contributed by atoms with E-state index in [9.17, 15) is 4.79 Å². The summed E-state index contributed by atoms with van der Waals surface area (Å²) in [6.45, 7) is 4.85. The second-order valence-electron chi connectivity index (χ2n) is 3.03. The van der Waals surface area contributed by atoms with E-state index in [-0.39, 0.29) is 12.9 Å². The average Bonchev–Trinajstić information content (AvgIpc) is 2.12. The van der Waals surface area contributed by atoms with Crippen LogP contribution in [0.4, 0.5) is 4.79 Å². The summed E-state index contributed by atoms with van der Waals surface area (Å²) in [6.07, 6.45) is 0.144. The molecule has 0 aromatic heterocycles. The first kappa shape index (κ1) is 13.2. The third kappa shape index (κ3) is 9.28. The molecule has 0 unspecified atom stereocenters. The van der Waals surface area contributed by atoms with E-state index in [4.69, 9.17) is 9.47 Å². The summed E-state index contributed by atoms with van der Waals surface area (Å²) in [4.78, 5) is 10.8. The summed E-state index contributed by atoms with van der Waals surface area (Å²) < 4.78 is 14.4. The molecule has 5 nitrogen and oxygen atoms in total.